The number of aromatic nitrogens is 2. The zero-order valence-corrected chi connectivity index (χ0v) is 12.0. The normalized spacial score (nSPS) is 10.8. The van der Waals surface area contributed by atoms with Crippen LogP contribution in [0.2, 0.25) is 0 Å². The number of allylic oxidation sites excluding steroid dienone is 1. The van der Waals surface area contributed by atoms with E-state index in [0.717, 1.165) is 28.5 Å². The number of hydrogen-bond acceptors (Lipinski definition) is 4. The van der Waals surface area contributed by atoms with E-state index in [2.05, 4.69) is 34.9 Å². The van der Waals surface area contributed by atoms with E-state index in [9.17, 15) is 0 Å². The van der Waals surface area contributed by atoms with Crippen LogP contribution in [-0.2, 0) is 6.42 Å². The summed E-state index contributed by atoms with van der Waals surface area (Å²) in [5.74, 6) is 0.791. The molecule has 0 bridgehead atoms. The lowest BCUT2D eigenvalue weighted by atomic mass is 10.2. The van der Waals surface area contributed by atoms with Gasteiger partial charge in [-0.2, -0.15) is 0 Å². The number of aryl methyl sites for hydroxylation is 1. The zero-order chi connectivity index (χ0) is 13.7. The second-order valence-corrected chi connectivity index (χ2v) is 5.05. The van der Waals surface area contributed by atoms with Gasteiger partial charge in [0.2, 0.25) is 0 Å². The van der Waals surface area contributed by atoms with Crippen LogP contribution in [0.1, 0.15) is 24.4 Å². The van der Waals surface area contributed by atoms with Crippen LogP contribution in [0.15, 0.2) is 37.2 Å². The molecule has 2 heterocycles. The highest BCUT2D eigenvalue weighted by Gasteiger charge is 2.09. The Kier molecular flexibility index (Phi) is 4.47. The first-order chi connectivity index (χ1) is 9.28. The Balaban J connectivity index is 2.33. The van der Waals surface area contributed by atoms with Gasteiger partial charge in [-0.3, -0.25) is 0 Å². The summed E-state index contributed by atoms with van der Waals surface area (Å²) in [7, 11) is 0. The Morgan fingerprint density at radius 2 is 2.26 bits per heavy atom. The smallest absolute Gasteiger partial charge is 0.129 e. The van der Waals surface area contributed by atoms with Crippen molar-refractivity contribution >= 4 is 23.2 Å². The highest BCUT2D eigenvalue weighted by atomic mass is 32.1. The molecule has 0 aromatic carbocycles. The Labute approximate surface area is 117 Å². The molecule has 0 radical (unpaired) electrons. The van der Waals surface area contributed by atoms with Crippen molar-refractivity contribution in [2.45, 2.75) is 20.3 Å². The Morgan fingerprint density at radius 3 is 2.84 bits per heavy atom. The molecule has 0 spiro atoms. The molecule has 2 aromatic heterocycles. The number of pyridine rings is 1. The van der Waals surface area contributed by atoms with E-state index in [-0.39, 0.29) is 0 Å². The minimum absolute atomic E-state index is 0.791. The summed E-state index contributed by atoms with van der Waals surface area (Å²) in [5, 5.41) is 3.98. The summed E-state index contributed by atoms with van der Waals surface area (Å²) in [4.78, 5) is 10.3. The molecular weight excluding hydrogens is 254 g/mol. The van der Waals surface area contributed by atoms with Crippen molar-refractivity contribution in [1.29, 1.82) is 0 Å². The molecule has 0 aliphatic carbocycles. The van der Waals surface area contributed by atoms with Gasteiger partial charge in [-0.15, -0.1) is 11.3 Å². The van der Waals surface area contributed by atoms with Crippen LogP contribution in [0.3, 0.4) is 0 Å². The van der Waals surface area contributed by atoms with Gasteiger partial charge in [-0.1, -0.05) is 19.6 Å². The molecule has 0 saturated carbocycles. The zero-order valence-electron chi connectivity index (χ0n) is 11.2. The van der Waals surface area contributed by atoms with Crippen molar-refractivity contribution in [3.05, 3.63) is 47.8 Å². The Hall–Kier alpha value is -1.94. The van der Waals surface area contributed by atoms with Crippen LogP contribution < -0.4 is 5.32 Å². The van der Waals surface area contributed by atoms with E-state index >= 15 is 0 Å². The van der Waals surface area contributed by atoms with Crippen molar-refractivity contribution < 1.29 is 0 Å². The molecular formula is C15H17N3S. The molecule has 19 heavy (non-hydrogen) atoms. The lowest BCUT2D eigenvalue weighted by molar-refractivity contribution is 1.15. The maximum Gasteiger partial charge on any atom is 0.129 e. The van der Waals surface area contributed by atoms with Gasteiger partial charge in [0, 0.05) is 16.6 Å². The number of anilines is 1. The molecule has 98 valence electrons. The molecule has 2 rings (SSSR count). The average Bonchev–Trinajstić information content (AvgIpc) is 2.84. The van der Waals surface area contributed by atoms with E-state index in [4.69, 9.17) is 0 Å². The lowest BCUT2D eigenvalue weighted by Crippen LogP contribution is -1.89. The van der Waals surface area contributed by atoms with Crippen LogP contribution in [0.4, 0.5) is 5.82 Å². The van der Waals surface area contributed by atoms with Crippen LogP contribution in [-0.4, -0.2) is 9.97 Å². The molecule has 1 N–H and O–H groups in total. The van der Waals surface area contributed by atoms with Crippen LogP contribution >= 0.6 is 11.3 Å². The van der Waals surface area contributed by atoms with Crippen molar-refractivity contribution in [3.63, 3.8) is 0 Å². The number of rotatable bonds is 5. The van der Waals surface area contributed by atoms with Gasteiger partial charge in [0.1, 0.15) is 10.8 Å². The van der Waals surface area contributed by atoms with Crippen LogP contribution in [0, 0.1) is 0 Å². The molecule has 4 heteroatoms. The highest BCUT2D eigenvalue weighted by molar-refractivity contribution is 7.15. The minimum atomic E-state index is 0.791. The number of thiazole rings is 1. The van der Waals surface area contributed by atoms with E-state index in [0.29, 0.717) is 0 Å². The summed E-state index contributed by atoms with van der Waals surface area (Å²) in [6.07, 6.45) is 8.53. The van der Waals surface area contributed by atoms with Gasteiger partial charge < -0.3 is 5.32 Å². The topological polar surface area (TPSA) is 37.8 Å². The monoisotopic (exact) mass is 271 g/mol. The van der Waals surface area contributed by atoms with E-state index in [1.807, 2.05) is 31.3 Å². The van der Waals surface area contributed by atoms with E-state index in [1.54, 1.807) is 17.5 Å². The van der Waals surface area contributed by atoms with Gasteiger partial charge in [0.05, 0.1) is 5.69 Å². The number of hydrogen-bond donors (Lipinski definition) is 1. The summed E-state index contributed by atoms with van der Waals surface area (Å²) in [5.41, 5.74) is 2.11. The Morgan fingerprint density at radius 1 is 1.42 bits per heavy atom. The first-order valence-corrected chi connectivity index (χ1v) is 7.06. The standard InChI is InChI=1S/C15H17N3S/c1-4-7-12-13(5-2)19-15(18-12)11-8-9-14(16-6-3)17-10-11/h4,6-10H,3,5H2,1-2H3,(H,16,17)/b7-4-. The van der Waals surface area contributed by atoms with Crippen molar-refractivity contribution in [1.82, 2.24) is 9.97 Å². The molecule has 0 fully saturated rings. The second kappa shape index (κ2) is 6.29. The minimum Gasteiger partial charge on any atom is -0.347 e. The van der Waals surface area contributed by atoms with Crippen molar-refractivity contribution in [3.8, 4) is 10.6 Å². The molecule has 0 atom stereocenters. The second-order valence-electron chi connectivity index (χ2n) is 3.96. The molecule has 0 unspecified atom stereocenters. The number of nitrogens with one attached hydrogen (secondary N) is 1. The van der Waals surface area contributed by atoms with E-state index in [1.165, 1.54) is 4.88 Å². The maximum absolute atomic E-state index is 4.67. The third-order valence-corrected chi connectivity index (χ3v) is 3.90. The molecule has 0 amide bonds. The predicted molar refractivity (Wildman–Crippen MR) is 83.3 cm³/mol. The fourth-order valence-electron chi connectivity index (χ4n) is 1.74. The summed E-state index contributed by atoms with van der Waals surface area (Å²) in [6, 6.07) is 3.95. The fraction of sp³-hybridized carbons (Fsp3) is 0.200. The summed E-state index contributed by atoms with van der Waals surface area (Å²) >= 11 is 1.73. The first kappa shape index (κ1) is 13.5. The van der Waals surface area contributed by atoms with Gasteiger partial charge in [-0.25, -0.2) is 9.97 Å². The SMILES string of the molecule is C=CNc1ccc(-c2nc(/C=C\C)c(CC)s2)cn1. The Bertz CT molecular complexity index is 582. The van der Waals surface area contributed by atoms with Crippen LogP contribution in [0.25, 0.3) is 16.6 Å². The molecule has 0 aliphatic rings. The number of nitrogens with zero attached hydrogens (tertiary/aromatic N) is 2. The predicted octanol–water partition coefficient (Wildman–Crippen LogP) is 4.36. The van der Waals surface area contributed by atoms with Gasteiger partial charge >= 0.3 is 0 Å². The third-order valence-electron chi connectivity index (χ3n) is 2.63. The lowest BCUT2D eigenvalue weighted by Gasteiger charge is -1.99. The van der Waals surface area contributed by atoms with E-state index < -0.39 is 0 Å². The summed E-state index contributed by atoms with van der Waals surface area (Å²) in [6.45, 7) is 7.78. The van der Waals surface area contributed by atoms with Gasteiger partial charge in [0.25, 0.3) is 0 Å². The highest BCUT2D eigenvalue weighted by Crippen LogP contribution is 2.29. The fourth-order valence-corrected chi connectivity index (χ4v) is 2.72. The molecule has 0 aliphatic heterocycles. The first-order valence-electron chi connectivity index (χ1n) is 6.24. The van der Waals surface area contributed by atoms with Gasteiger partial charge in [0.15, 0.2) is 0 Å². The molecule has 2 aromatic rings. The quantitative estimate of drug-likeness (QED) is 0.878. The maximum atomic E-state index is 4.67. The third kappa shape index (κ3) is 3.09. The van der Waals surface area contributed by atoms with Crippen molar-refractivity contribution in [2.24, 2.45) is 0 Å². The van der Waals surface area contributed by atoms with Crippen molar-refractivity contribution in [2.75, 3.05) is 5.32 Å². The summed E-state index contributed by atoms with van der Waals surface area (Å²) < 4.78 is 0. The van der Waals surface area contributed by atoms with Gasteiger partial charge in [-0.05, 0) is 37.8 Å². The van der Waals surface area contributed by atoms with Crippen LogP contribution in [0.5, 0.6) is 0 Å². The average molecular weight is 271 g/mol. The largest absolute Gasteiger partial charge is 0.347 e. The molecule has 0 saturated heterocycles. The molecule has 3 nitrogen and oxygen atoms in total.